The standard InChI is InChI=1S/C24H16FN5O3S/c25-17-3-5-18(6-4-17)27-21(31)14-33-19-7-1-15(2-8-19)13-20-23(32)30-24(34-20)28-22(29-30)16-9-11-26-12-10-16/h1-13H,14H2,(H,27,31)/b20-13-. The van der Waals surface area contributed by atoms with E-state index in [2.05, 4.69) is 20.4 Å². The van der Waals surface area contributed by atoms with E-state index in [0.717, 1.165) is 11.1 Å². The molecule has 5 aromatic rings. The monoisotopic (exact) mass is 473 g/mol. The van der Waals surface area contributed by atoms with E-state index in [9.17, 15) is 14.0 Å². The molecule has 0 atom stereocenters. The fourth-order valence-electron chi connectivity index (χ4n) is 3.15. The van der Waals surface area contributed by atoms with Crippen LogP contribution in [0.1, 0.15) is 5.56 Å². The van der Waals surface area contributed by atoms with Gasteiger partial charge in [0.2, 0.25) is 4.96 Å². The lowest BCUT2D eigenvalue weighted by Crippen LogP contribution is -2.23. The van der Waals surface area contributed by atoms with Gasteiger partial charge in [0, 0.05) is 23.6 Å². The molecule has 0 aliphatic rings. The highest BCUT2D eigenvalue weighted by atomic mass is 32.1. The van der Waals surface area contributed by atoms with Crippen molar-refractivity contribution in [1.82, 2.24) is 19.6 Å². The lowest BCUT2D eigenvalue weighted by molar-refractivity contribution is -0.118. The zero-order valence-corrected chi connectivity index (χ0v) is 18.3. The number of rotatable bonds is 6. The van der Waals surface area contributed by atoms with Gasteiger partial charge in [-0.15, -0.1) is 5.10 Å². The summed E-state index contributed by atoms with van der Waals surface area (Å²) in [6.45, 7) is -0.196. The number of pyridine rings is 1. The lowest BCUT2D eigenvalue weighted by Gasteiger charge is -2.07. The molecule has 1 amide bonds. The van der Waals surface area contributed by atoms with Gasteiger partial charge in [0.25, 0.3) is 11.5 Å². The van der Waals surface area contributed by atoms with Gasteiger partial charge in [-0.2, -0.15) is 9.50 Å². The molecule has 10 heteroatoms. The van der Waals surface area contributed by atoms with E-state index < -0.39 is 0 Å². The second kappa shape index (κ2) is 9.20. The number of carbonyl (C=O) groups is 1. The zero-order chi connectivity index (χ0) is 23.5. The topological polar surface area (TPSA) is 98.5 Å². The van der Waals surface area contributed by atoms with Crippen LogP contribution in [0.2, 0.25) is 0 Å². The van der Waals surface area contributed by atoms with Crippen LogP contribution in [0.4, 0.5) is 10.1 Å². The molecular formula is C24H16FN5O3S. The van der Waals surface area contributed by atoms with Crippen LogP contribution < -0.4 is 20.1 Å². The molecule has 0 spiro atoms. The molecule has 0 bridgehead atoms. The summed E-state index contributed by atoms with van der Waals surface area (Å²) in [4.78, 5) is 33.7. The van der Waals surface area contributed by atoms with Crippen molar-refractivity contribution < 1.29 is 13.9 Å². The summed E-state index contributed by atoms with van der Waals surface area (Å²) in [6.07, 6.45) is 5.04. The molecule has 5 rings (SSSR count). The van der Waals surface area contributed by atoms with Crippen LogP contribution in [-0.4, -0.2) is 32.1 Å². The van der Waals surface area contributed by atoms with Crippen molar-refractivity contribution in [1.29, 1.82) is 0 Å². The molecule has 2 aromatic carbocycles. The van der Waals surface area contributed by atoms with Crippen molar-refractivity contribution in [2.75, 3.05) is 11.9 Å². The SMILES string of the molecule is O=C(COc1ccc(/C=c2\sc3nc(-c4ccncc4)nn3c2=O)cc1)Nc1ccc(F)cc1. The molecule has 0 unspecified atom stereocenters. The van der Waals surface area contributed by atoms with Crippen LogP contribution >= 0.6 is 11.3 Å². The predicted octanol–water partition coefficient (Wildman–Crippen LogP) is 2.92. The van der Waals surface area contributed by atoms with Crippen LogP contribution in [0.3, 0.4) is 0 Å². The van der Waals surface area contributed by atoms with Crippen LogP contribution in [0, 0.1) is 5.82 Å². The summed E-state index contributed by atoms with van der Waals surface area (Å²) in [6, 6.07) is 16.0. The number of thiazole rings is 1. The van der Waals surface area contributed by atoms with Gasteiger partial charge in [-0.1, -0.05) is 23.5 Å². The Hall–Kier alpha value is -4.44. The van der Waals surface area contributed by atoms with Crippen LogP contribution in [-0.2, 0) is 4.79 Å². The number of benzene rings is 2. The Bertz CT molecular complexity index is 1570. The maximum Gasteiger partial charge on any atom is 0.291 e. The summed E-state index contributed by atoms with van der Waals surface area (Å²) in [5, 5.41) is 6.94. The number of ether oxygens (including phenoxy) is 1. The average Bonchev–Trinajstić information content (AvgIpc) is 3.40. The van der Waals surface area contributed by atoms with Crippen molar-refractivity contribution in [2.45, 2.75) is 0 Å². The van der Waals surface area contributed by atoms with Gasteiger partial charge in [0.15, 0.2) is 12.4 Å². The Balaban J connectivity index is 1.26. The van der Waals surface area contributed by atoms with Crippen LogP contribution in [0.5, 0.6) is 5.75 Å². The Kier molecular flexibility index (Phi) is 5.79. The fraction of sp³-hybridized carbons (Fsp3) is 0.0417. The molecule has 0 aliphatic heterocycles. The Morgan fingerprint density at radius 3 is 2.50 bits per heavy atom. The number of carbonyl (C=O) groups excluding carboxylic acids is 1. The van der Waals surface area contributed by atoms with Crippen molar-refractivity contribution in [2.24, 2.45) is 0 Å². The minimum atomic E-state index is -0.377. The van der Waals surface area contributed by atoms with Crippen LogP contribution in [0.15, 0.2) is 77.9 Å². The molecule has 3 aromatic heterocycles. The third-order valence-corrected chi connectivity index (χ3v) is 5.76. The van der Waals surface area contributed by atoms with Gasteiger partial charge >= 0.3 is 0 Å². The highest BCUT2D eigenvalue weighted by molar-refractivity contribution is 7.15. The highest BCUT2D eigenvalue weighted by Crippen LogP contribution is 2.16. The van der Waals surface area contributed by atoms with Crippen molar-refractivity contribution in [3.05, 3.63) is 99.3 Å². The van der Waals surface area contributed by atoms with E-state index >= 15 is 0 Å². The van der Waals surface area contributed by atoms with Crippen molar-refractivity contribution >= 4 is 34.0 Å². The molecule has 0 aliphatic carbocycles. The summed E-state index contributed by atoms with van der Waals surface area (Å²) in [5.74, 6) is 0.234. The third-order valence-electron chi connectivity index (χ3n) is 4.80. The summed E-state index contributed by atoms with van der Waals surface area (Å²) < 4.78 is 20.2. The smallest absolute Gasteiger partial charge is 0.291 e. The second-order valence-electron chi connectivity index (χ2n) is 7.19. The fourth-order valence-corrected chi connectivity index (χ4v) is 4.06. The first-order chi connectivity index (χ1) is 16.5. The van der Waals surface area contributed by atoms with E-state index in [0.29, 0.717) is 26.8 Å². The average molecular weight is 473 g/mol. The van der Waals surface area contributed by atoms with Crippen molar-refractivity contribution in [3.8, 4) is 17.1 Å². The van der Waals surface area contributed by atoms with Gasteiger partial charge in [-0.25, -0.2) is 4.39 Å². The summed E-state index contributed by atoms with van der Waals surface area (Å²) in [7, 11) is 0. The zero-order valence-electron chi connectivity index (χ0n) is 17.5. The molecule has 0 saturated carbocycles. The molecule has 8 nitrogen and oxygen atoms in total. The molecule has 0 fully saturated rings. The van der Waals surface area contributed by atoms with Crippen molar-refractivity contribution in [3.63, 3.8) is 0 Å². The number of nitrogens with one attached hydrogen (secondary N) is 1. The first-order valence-electron chi connectivity index (χ1n) is 10.2. The number of hydrogen-bond donors (Lipinski definition) is 1. The van der Waals surface area contributed by atoms with Crippen LogP contribution in [0.25, 0.3) is 22.4 Å². The molecule has 1 N–H and O–H groups in total. The quantitative estimate of drug-likeness (QED) is 0.407. The molecule has 34 heavy (non-hydrogen) atoms. The maximum atomic E-state index is 12.9. The maximum absolute atomic E-state index is 12.9. The normalized spacial score (nSPS) is 11.6. The van der Waals surface area contributed by atoms with E-state index in [4.69, 9.17) is 4.74 Å². The number of aromatic nitrogens is 4. The number of amides is 1. The molecule has 0 saturated heterocycles. The number of hydrogen-bond acceptors (Lipinski definition) is 7. The molecule has 168 valence electrons. The van der Waals surface area contributed by atoms with Gasteiger partial charge in [-0.05, 0) is 60.2 Å². The van der Waals surface area contributed by atoms with E-state index in [1.165, 1.54) is 40.1 Å². The lowest BCUT2D eigenvalue weighted by atomic mass is 10.2. The Morgan fingerprint density at radius 1 is 1.06 bits per heavy atom. The first kappa shape index (κ1) is 21.4. The minimum Gasteiger partial charge on any atom is -0.484 e. The number of anilines is 1. The summed E-state index contributed by atoms with van der Waals surface area (Å²) in [5.41, 5.74) is 1.82. The summed E-state index contributed by atoms with van der Waals surface area (Å²) >= 11 is 1.25. The number of fused-ring (bicyclic) bond motifs is 1. The predicted molar refractivity (Wildman–Crippen MR) is 126 cm³/mol. The Morgan fingerprint density at radius 2 is 1.79 bits per heavy atom. The largest absolute Gasteiger partial charge is 0.484 e. The first-order valence-corrected chi connectivity index (χ1v) is 11.0. The minimum absolute atomic E-state index is 0.196. The second-order valence-corrected chi connectivity index (χ2v) is 8.20. The van der Waals surface area contributed by atoms with Gasteiger partial charge in [-0.3, -0.25) is 14.6 Å². The number of nitrogens with zero attached hydrogens (tertiary/aromatic N) is 4. The highest BCUT2D eigenvalue weighted by Gasteiger charge is 2.12. The third kappa shape index (κ3) is 4.66. The number of halogens is 1. The van der Waals surface area contributed by atoms with Gasteiger partial charge < -0.3 is 10.1 Å². The van der Waals surface area contributed by atoms with E-state index in [-0.39, 0.29) is 23.9 Å². The molecule has 3 heterocycles. The van der Waals surface area contributed by atoms with E-state index in [1.807, 2.05) is 0 Å². The molecular weight excluding hydrogens is 457 g/mol. The van der Waals surface area contributed by atoms with Gasteiger partial charge in [0.1, 0.15) is 11.6 Å². The van der Waals surface area contributed by atoms with Gasteiger partial charge in [0.05, 0.1) is 4.53 Å². The van der Waals surface area contributed by atoms with E-state index in [1.54, 1.807) is 54.9 Å². The Labute approximate surface area is 196 Å². The molecule has 0 radical (unpaired) electrons.